The van der Waals surface area contributed by atoms with Gasteiger partial charge in [0.15, 0.2) is 0 Å². The summed E-state index contributed by atoms with van der Waals surface area (Å²) in [5.41, 5.74) is 2.72. The topological polar surface area (TPSA) is 26.3 Å². The van der Waals surface area contributed by atoms with E-state index in [1.54, 1.807) is 6.08 Å². The Morgan fingerprint density at radius 3 is 2.56 bits per heavy atom. The van der Waals surface area contributed by atoms with Crippen molar-refractivity contribution in [3.05, 3.63) is 53.1 Å². The predicted molar refractivity (Wildman–Crippen MR) is 66.0 cm³/mol. The van der Waals surface area contributed by atoms with Crippen LogP contribution >= 0.6 is 0 Å². The summed E-state index contributed by atoms with van der Waals surface area (Å²) in [6.45, 7) is 3.88. The zero-order valence-electron chi connectivity index (χ0n) is 9.86. The molecule has 0 N–H and O–H groups in total. The quantitative estimate of drug-likeness (QED) is 0.441. The van der Waals surface area contributed by atoms with Crippen LogP contribution in [0.1, 0.15) is 18.1 Å². The van der Waals surface area contributed by atoms with Gasteiger partial charge < -0.3 is 4.74 Å². The number of methoxy groups -OCH3 is 1. The van der Waals surface area contributed by atoms with Crippen molar-refractivity contribution in [2.24, 2.45) is 0 Å². The minimum atomic E-state index is -0.318. The second-order valence-electron chi connectivity index (χ2n) is 3.45. The molecule has 2 heteroatoms. The zero-order chi connectivity index (χ0) is 12.0. The molecular weight excluding hydrogens is 200 g/mol. The molecule has 1 aromatic carbocycles. The molecule has 0 bridgehead atoms. The highest BCUT2D eigenvalue weighted by molar-refractivity contribution is 5.96. The van der Waals surface area contributed by atoms with Gasteiger partial charge in [0.1, 0.15) is 0 Å². The van der Waals surface area contributed by atoms with Crippen molar-refractivity contribution in [1.29, 1.82) is 0 Å². The standard InChI is InChI=1S/C14H16O2/c1-4-7-13(14(15)16-3)10-12-9-6-5-8-11(12)2/h4-10H,1-3H3/b7-4?,13-10+. The van der Waals surface area contributed by atoms with Gasteiger partial charge in [-0.1, -0.05) is 36.4 Å². The molecule has 0 heterocycles. The Kier molecular flexibility index (Phi) is 4.52. The molecule has 1 aromatic rings. The van der Waals surface area contributed by atoms with Crippen LogP contribution in [-0.2, 0) is 9.53 Å². The van der Waals surface area contributed by atoms with Gasteiger partial charge in [-0.15, -0.1) is 0 Å². The summed E-state index contributed by atoms with van der Waals surface area (Å²) in [5, 5.41) is 0. The van der Waals surface area contributed by atoms with Gasteiger partial charge in [0, 0.05) is 0 Å². The van der Waals surface area contributed by atoms with E-state index in [2.05, 4.69) is 0 Å². The van der Waals surface area contributed by atoms with Crippen LogP contribution in [0, 0.1) is 6.92 Å². The van der Waals surface area contributed by atoms with Crippen LogP contribution in [0.5, 0.6) is 0 Å². The summed E-state index contributed by atoms with van der Waals surface area (Å²) >= 11 is 0. The van der Waals surface area contributed by atoms with Crippen molar-refractivity contribution in [2.45, 2.75) is 13.8 Å². The fourth-order valence-electron chi connectivity index (χ4n) is 1.39. The lowest BCUT2D eigenvalue weighted by atomic mass is 10.1. The van der Waals surface area contributed by atoms with Crippen LogP contribution in [0.25, 0.3) is 6.08 Å². The number of rotatable bonds is 3. The molecule has 1 rings (SSSR count). The summed E-state index contributed by atoms with van der Waals surface area (Å²) in [6, 6.07) is 7.90. The maximum Gasteiger partial charge on any atom is 0.337 e. The highest BCUT2D eigenvalue weighted by Crippen LogP contribution is 2.13. The molecule has 0 fully saturated rings. The number of ether oxygens (including phenoxy) is 1. The molecule has 0 unspecified atom stereocenters. The normalized spacial score (nSPS) is 11.8. The van der Waals surface area contributed by atoms with Crippen molar-refractivity contribution in [2.75, 3.05) is 7.11 Å². The first-order chi connectivity index (χ1) is 7.69. The molecule has 0 saturated carbocycles. The van der Waals surface area contributed by atoms with E-state index in [0.717, 1.165) is 11.1 Å². The maximum absolute atomic E-state index is 11.5. The van der Waals surface area contributed by atoms with Crippen molar-refractivity contribution in [3.8, 4) is 0 Å². The second-order valence-corrected chi connectivity index (χ2v) is 3.45. The highest BCUT2D eigenvalue weighted by atomic mass is 16.5. The van der Waals surface area contributed by atoms with Crippen molar-refractivity contribution in [1.82, 2.24) is 0 Å². The highest BCUT2D eigenvalue weighted by Gasteiger charge is 2.06. The number of carbonyl (C=O) groups is 1. The molecule has 0 aliphatic heterocycles. The number of allylic oxidation sites excluding steroid dienone is 1. The van der Waals surface area contributed by atoms with E-state index in [0.29, 0.717) is 5.57 Å². The Morgan fingerprint density at radius 2 is 2.00 bits per heavy atom. The lowest BCUT2D eigenvalue weighted by molar-refractivity contribution is -0.135. The van der Waals surface area contributed by atoms with Crippen LogP contribution < -0.4 is 0 Å². The minimum Gasteiger partial charge on any atom is -0.465 e. The fraction of sp³-hybridized carbons (Fsp3) is 0.214. The summed E-state index contributed by atoms with van der Waals surface area (Å²) in [4.78, 5) is 11.5. The third kappa shape index (κ3) is 3.09. The summed E-state index contributed by atoms with van der Waals surface area (Å²) in [5.74, 6) is -0.318. The Balaban J connectivity index is 3.12. The molecule has 84 valence electrons. The van der Waals surface area contributed by atoms with Crippen molar-refractivity contribution in [3.63, 3.8) is 0 Å². The average Bonchev–Trinajstić information content (AvgIpc) is 2.30. The molecule has 0 aliphatic rings. The largest absolute Gasteiger partial charge is 0.465 e. The third-order valence-electron chi connectivity index (χ3n) is 2.27. The average molecular weight is 216 g/mol. The molecular formula is C14H16O2. The first kappa shape index (κ1) is 12.2. The molecule has 16 heavy (non-hydrogen) atoms. The summed E-state index contributed by atoms with van der Waals surface area (Å²) < 4.78 is 4.72. The number of aryl methyl sites for hydroxylation is 1. The van der Waals surface area contributed by atoms with Gasteiger partial charge in [-0.3, -0.25) is 0 Å². The Bertz CT molecular complexity index is 428. The molecule has 0 radical (unpaired) electrons. The van der Waals surface area contributed by atoms with Crippen LogP contribution in [0.3, 0.4) is 0 Å². The van der Waals surface area contributed by atoms with Gasteiger partial charge in [-0.05, 0) is 31.1 Å². The van der Waals surface area contributed by atoms with Gasteiger partial charge in [0.05, 0.1) is 12.7 Å². The lowest BCUT2D eigenvalue weighted by Crippen LogP contribution is -2.02. The minimum absolute atomic E-state index is 0.318. The maximum atomic E-state index is 11.5. The molecule has 0 spiro atoms. The van der Waals surface area contributed by atoms with E-state index in [9.17, 15) is 4.79 Å². The molecule has 2 nitrogen and oxygen atoms in total. The van der Waals surface area contributed by atoms with Crippen LogP contribution in [-0.4, -0.2) is 13.1 Å². The molecule has 0 saturated heterocycles. The second kappa shape index (κ2) is 5.91. The monoisotopic (exact) mass is 216 g/mol. The van der Waals surface area contributed by atoms with Gasteiger partial charge in [0.2, 0.25) is 0 Å². The summed E-state index contributed by atoms with van der Waals surface area (Å²) in [6.07, 6.45) is 5.40. The van der Waals surface area contributed by atoms with E-state index in [-0.39, 0.29) is 5.97 Å². The SMILES string of the molecule is CC=C/C(=C\c1ccccc1C)C(=O)OC. The molecule has 0 amide bonds. The third-order valence-corrected chi connectivity index (χ3v) is 2.27. The van der Waals surface area contributed by atoms with E-state index in [1.807, 2.05) is 50.3 Å². The summed E-state index contributed by atoms with van der Waals surface area (Å²) in [7, 11) is 1.39. The Hall–Kier alpha value is -1.83. The number of carbonyl (C=O) groups excluding carboxylic acids is 1. The number of benzene rings is 1. The lowest BCUT2D eigenvalue weighted by Gasteiger charge is -2.02. The smallest absolute Gasteiger partial charge is 0.337 e. The molecule has 0 aromatic heterocycles. The number of hydrogen-bond donors (Lipinski definition) is 0. The number of esters is 1. The van der Waals surface area contributed by atoms with Gasteiger partial charge >= 0.3 is 5.97 Å². The van der Waals surface area contributed by atoms with E-state index < -0.39 is 0 Å². The Morgan fingerprint density at radius 1 is 1.31 bits per heavy atom. The zero-order valence-corrected chi connectivity index (χ0v) is 9.86. The molecule has 0 aliphatic carbocycles. The van der Waals surface area contributed by atoms with Gasteiger partial charge in [-0.25, -0.2) is 4.79 Å². The van der Waals surface area contributed by atoms with Gasteiger partial charge in [0.25, 0.3) is 0 Å². The first-order valence-corrected chi connectivity index (χ1v) is 5.17. The first-order valence-electron chi connectivity index (χ1n) is 5.17. The fourth-order valence-corrected chi connectivity index (χ4v) is 1.39. The van der Waals surface area contributed by atoms with Crippen LogP contribution in [0.2, 0.25) is 0 Å². The van der Waals surface area contributed by atoms with Gasteiger partial charge in [-0.2, -0.15) is 0 Å². The van der Waals surface area contributed by atoms with E-state index in [1.165, 1.54) is 7.11 Å². The van der Waals surface area contributed by atoms with E-state index >= 15 is 0 Å². The predicted octanol–water partition coefficient (Wildman–Crippen LogP) is 3.13. The van der Waals surface area contributed by atoms with Crippen molar-refractivity contribution < 1.29 is 9.53 Å². The Labute approximate surface area is 96.2 Å². The van der Waals surface area contributed by atoms with Crippen LogP contribution in [0.4, 0.5) is 0 Å². The van der Waals surface area contributed by atoms with Crippen molar-refractivity contribution >= 4 is 12.0 Å². The van der Waals surface area contributed by atoms with Crippen LogP contribution in [0.15, 0.2) is 42.0 Å². The molecule has 0 atom stereocenters. The number of hydrogen-bond acceptors (Lipinski definition) is 2. The van der Waals surface area contributed by atoms with E-state index in [4.69, 9.17) is 4.74 Å².